The van der Waals surface area contributed by atoms with Crippen molar-refractivity contribution in [3.05, 3.63) is 47.0 Å². The van der Waals surface area contributed by atoms with E-state index in [2.05, 4.69) is 10.2 Å². The van der Waals surface area contributed by atoms with E-state index in [0.717, 1.165) is 18.8 Å². The Hall–Kier alpha value is -2.93. The minimum atomic E-state index is -1.01. The molecule has 2 aromatic carbocycles. The van der Waals surface area contributed by atoms with Crippen LogP contribution >= 0.6 is 11.6 Å². The Morgan fingerprint density at radius 3 is 2.43 bits per heavy atom. The number of nitrogen functional groups attached to an aromatic ring is 1. The van der Waals surface area contributed by atoms with Crippen LogP contribution in [0.25, 0.3) is 0 Å². The summed E-state index contributed by atoms with van der Waals surface area (Å²) in [5.74, 6) is -0.936. The Labute approximate surface area is 181 Å². The third-order valence-corrected chi connectivity index (χ3v) is 5.38. The molecule has 0 aliphatic carbocycles. The molecule has 7 nitrogen and oxygen atoms in total. The van der Waals surface area contributed by atoms with Crippen LogP contribution in [0, 0.1) is 0 Å². The van der Waals surface area contributed by atoms with Gasteiger partial charge in [-0.25, -0.2) is 4.79 Å². The molecular formula is C22H26ClN3O4. The smallest absolute Gasteiger partial charge is 0.342 e. The third kappa shape index (κ3) is 5.16. The van der Waals surface area contributed by atoms with Crippen molar-refractivity contribution in [2.75, 3.05) is 36.1 Å². The first-order valence-electron chi connectivity index (χ1n) is 9.89. The summed E-state index contributed by atoms with van der Waals surface area (Å²) < 4.78 is 10.4. The van der Waals surface area contributed by atoms with Gasteiger partial charge in [-0.3, -0.25) is 4.79 Å². The highest BCUT2D eigenvalue weighted by atomic mass is 35.5. The maximum absolute atomic E-state index is 12.5. The van der Waals surface area contributed by atoms with Crippen LogP contribution in [0.3, 0.4) is 0 Å². The topological polar surface area (TPSA) is 93.9 Å². The number of rotatable bonds is 6. The van der Waals surface area contributed by atoms with Crippen LogP contribution in [-0.4, -0.2) is 38.2 Å². The van der Waals surface area contributed by atoms with E-state index < -0.39 is 18.0 Å². The number of anilines is 3. The number of carbonyl (C=O) groups is 2. The largest absolute Gasteiger partial charge is 0.496 e. The fraction of sp³-hybridized carbons (Fsp3) is 0.364. The average molecular weight is 432 g/mol. The van der Waals surface area contributed by atoms with Crippen molar-refractivity contribution >= 4 is 40.5 Å². The van der Waals surface area contributed by atoms with Crippen LogP contribution in [0.15, 0.2) is 36.4 Å². The van der Waals surface area contributed by atoms with Gasteiger partial charge in [0.1, 0.15) is 11.3 Å². The second-order valence-corrected chi connectivity index (χ2v) is 7.61. The van der Waals surface area contributed by atoms with Crippen molar-refractivity contribution in [1.29, 1.82) is 0 Å². The van der Waals surface area contributed by atoms with Gasteiger partial charge in [-0.2, -0.15) is 0 Å². The highest BCUT2D eigenvalue weighted by Gasteiger charge is 2.23. The summed E-state index contributed by atoms with van der Waals surface area (Å²) in [5, 5.41) is 2.97. The highest BCUT2D eigenvalue weighted by molar-refractivity contribution is 6.33. The summed E-state index contributed by atoms with van der Waals surface area (Å²) in [6.45, 7) is 3.61. The van der Waals surface area contributed by atoms with Crippen LogP contribution in [0.1, 0.15) is 36.5 Å². The fourth-order valence-corrected chi connectivity index (χ4v) is 3.49. The molecule has 0 unspecified atom stereocenters. The van der Waals surface area contributed by atoms with E-state index in [1.165, 1.54) is 45.4 Å². The Bertz CT molecular complexity index is 911. The molecule has 0 saturated carbocycles. The monoisotopic (exact) mass is 431 g/mol. The number of benzene rings is 2. The Morgan fingerprint density at radius 1 is 1.13 bits per heavy atom. The number of nitrogens with one attached hydrogen (secondary N) is 1. The number of nitrogens with zero attached hydrogens (tertiary/aromatic N) is 1. The molecule has 1 heterocycles. The first-order valence-corrected chi connectivity index (χ1v) is 10.3. The van der Waals surface area contributed by atoms with Gasteiger partial charge in [-0.05, 0) is 56.5 Å². The van der Waals surface area contributed by atoms with Crippen molar-refractivity contribution in [2.45, 2.75) is 32.3 Å². The lowest BCUT2D eigenvalue weighted by Gasteiger charge is -2.28. The number of hydrogen-bond donors (Lipinski definition) is 2. The SMILES string of the molecule is COc1cc(N)c(Cl)cc1C(=O)O[C@H](C)C(=O)Nc1ccc(N2CCCCC2)cc1. The lowest BCUT2D eigenvalue weighted by Crippen LogP contribution is -2.30. The summed E-state index contributed by atoms with van der Waals surface area (Å²) in [4.78, 5) is 27.3. The minimum Gasteiger partial charge on any atom is -0.496 e. The predicted octanol–water partition coefficient (Wildman–Crippen LogP) is 4.11. The molecule has 3 rings (SSSR count). The molecule has 30 heavy (non-hydrogen) atoms. The summed E-state index contributed by atoms with van der Waals surface area (Å²) in [6.07, 6.45) is 2.66. The zero-order valence-electron chi connectivity index (χ0n) is 17.1. The van der Waals surface area contributed by atoms with Gasteiger partial charge in [0.15, 0.2) is 6.10 Å². The van der Waals surface area contributed by atoms with E-state index >= 15 is 0 Å². The van der Waals surface area contributed by atoms with Crippen LogP contribution in [-0.2, 0) is 9.53 Å². The number of hydrogen-bond acceptors (Lipinski definition) is 6. The van der Waals surface area contributed by atoms with E-state index in [4.69, 9.17) is 26.8 Å². The van der Waals surface area contributed by atoms with Gasteiger partial charge in [0, 0.05) is 30.5 Å². The molecule has 1 saturated heterocycles. The van der Waals surface area contributed by atoms with Gasteiger partial charge >= 0.3 is 5.97 Å². The molecule has 3 N–H and O–H groups in total. The Morgan fingerprint density at radius 2 is 1.80 bits per heavy atom. The molecule has 1 aliphatic rings. The molecule has 0 aromatic heterocycles. The van der Waals surface area contributed by atoms with Gasteiger partial charge in [0.2, 0.25) is 0 Å². The van der Waals surface area contributed by atoms with Gasteiger partial charge in [0.25, 0.3) is 5.91 Å². The van der Waals surface area contributed by atoms with Crippen molar-refractivity contribution in [3.8, 4) is 5.75 Å². The Balaban J connectivity index is 1.60. The number of nitrogens with two attached hydrogens (primary N) is 1. The van der Waals surface area contributed by atoms with Crippen molar-refractivity contribution < 1.29 is 19.1 Å². The molecular weight excluding hydrogens is 406 g/mol. The third-order valence-electron chi connectivity index (χ3n) is 5.05. The Kier molecular flexibility index (Phi) is 7.05. The standard InChI is InChI=1S/C22H26ClN3O4/c1-14(30-22(28)17-12-18(23)19(24)13-20(17)29-2)21(27)25-15-6-8-16(9-7-15)26-10-4-3-5-11-26/h6-9,12-14H,3-5,10-11,24H2,1-2H3,(H,25,27)/t14-/m1/s1. The maximum atomic E-state index is 12.5. The average Bonchev–Trinajstić information content (AvgIpc) is 2.76. The highest BCUT2D eigenvalue weighted by Crippen LogP contribution is 2.29. The van der Waals surface area contributed by atoms with Crippen molar-refractivity contribution in [3.63, 3.8) is 0 Å². The second kappa shape index (κ2) is 9.71. The lowest BCUT2D eigenvalue weighted by atomic mass is 10.1. The van der Waals surface area contributed by atoms with Gasteiger partial charge in [-0.15, -0.1) is 0 Å². The molecule has 0 radical (unpaired) electrons. The number of halogens is 1. The first-order chi connectivity index (χ1) is 14.4. The van der Waals surface area contributed by atoms with Crippen molar-refractivity contribution in [2.24, 2.45) is 0 Å². The van der Waals surface area contributed by atoms with Crippen LogP contribution < -0.4 is 20.7 Å². The number of methoxy groups -OCH3 is 1. The van der Waals surface area contributed by atoms with E-state index in [9.17, 15) is 9.59 Å². The molecule has 1 amide bonds. The zero-order chi connectivity index (χ0) is 21.7. The predicted molar refractivity (Wildman–Crippen MR) is 118 cm³/mol. The zero-order valence-corrected chi connectivity index (χ0v) is 17.9. The van der Waals surface area contributed by atoms with Gasteiger partial charge in [0.05, 0.1) is 17.8 Å². The van der Waals surface area contributed by atoms with E-state index in [-0.39, 0.29) is 22.0 Å². The number of amides is 1. The maximum Gasteiger partial charge on any atom is 0.342 e. The number of carbonyl (C=O) groups excluding carboxylic acids is 2. The molecule has 1 atom stereocenters. The number of esters is 1. The summed E-state index contributed by atoms with van der Waals surface area (Å²) in [6, 6.07) is 10.5. The van der Waals surface area contributed by atoms with Gasteiger partial charge in [-0.1, -0.05) is 11.6 Å². The normalized spacial score (nSPS) is 14.7. The first kappa shape index (κ1) is 21.8. The molecule has 8 heteroatoms. The van der Waals surface area contributed by atoms with E-state index in [1.54, 1.807) is 0 Å². The van der Waals surface area contributed by atoms with E-state index in [1.807, 2.05) is 24.3 Å². The van der Waals surface area contributed by atoms with E-state index in [0.29, 0.717) is 5.69 Å². The molecule has 160 valence electrons. The summed E-state index contributed by atoms with van der Waals surface area (Å²) >= 11 is 5.99. The molecule has 1 aliphatic heterocycles. The molecule has 1 fully saturated rings. The summed E-state index contributed by atoms with van der Waals surface area (Å²) in [7, 11) is 1.41. The minimum absolute atomic E-state index is 0.0993. The molecule has 2 aromatic rings. The summed E-state index contributed by atoms with van der Waals surface area (Å²) in [5.41, 5.74) is 7.88. The quantitative estimate of drug-likeness (QED) is 0.528. The number of piperidine rings is 1. The van der Waals surface area contributed by atoms with Crippen LogP contribution in [0.5, 0.6) is 5.75 Å². The fourth-order valence-electron chi connectivity index (χ4n) is 3.33. The van der Waals surface area contributed by atoms with Crippen LogP contribution in [0.2, 0.25) is 5.02 Å². The van der Waals surface area contributed by atoms with Crippen LogP contribution in [0.4, 0.5) is 17.1 Å². The van der Waals surface area contributed by atoms with Crippen molar-refractivity contribution in [1.82, 2.24) is 0 Å². The lowest BCUT2D eigenvalue weighted by molar-refractivity contribution is -0.123. The molecule has 0 spiro atoms. The second-order valence-electron chi connectivity index (χ2n) is 7.21. The number of ether oxygens (including phenoxy) is 2. The van der Waals surface area contributed by atoms with Gasteiger partial charge < -0.3 is 25.4 Å². The molecule has 0 bridgehead atoms.